The van der Waals surface area contributed by atoms with E-state index in [1.165, 1.54) is 11.1 Å². The first-order chi connectivity index (χ1) is 9.86. The molecule has 104 valence electrons. The topological polar surface area (TPSA) is 61.0 Å². The minimum atomic E-state index is 0.0744. The number of rotatable bonds is 5. The number of carbonyl (C=O) groups excluding carboxylic acids is 1. The summed E-state index contributed by atoms with van der Waals surface area (Å²) in [6.07, 6.45) is 6.12. The lowest BCUT2D eigenvalue weighted by Crippen LogP contribution is -2.49. The minimum Gasteiger partial charge on any atom is -0.348 e. The molecule has 0 unspecified atom stereocenters. The third kappa shape index (κ3) is 2.72. The Morgan fingerprint density at radius 3 is 2.95 bits per heavy atom. The van der Waals surface area contributed by atoms with Gasteiger partial charge in [-0.1, -0.05) is 24.3 Å². The highest BCUT2D eigenvalue weighted by Gasteiger charge is 2.22. The largest absolute Gasteiger partial charge is 0.348 e. The highest BCUT2D eigenvalue weighted by Crippen LogP contribution is 2.17. The molecule has 1 amide bonds. The van der Waals surface area contributed by atoms with E-state index >= 15 is 0 Å². The molecule has 0 bridgehead atoms. The fourth-order valence-corrected chi connectivity index (χ4v) is 2.62. The molecule has 0 saturated carbocycles. The summed E-state index contributed by atoms with van der Waals surface area (Å²) in [5, 5.41) is 3.43. The van der Waals surface area contributed by atoms with Crippen LogP contribution >= 0.6 is 0 Å². The summed E-state index contributed by atoms with van der Waals surface area (Å²) in [4.78, 5) is 20.2. The number of aromatic nitrogens is 2. The zero-order valence-corrected chi connectivity index (χ0v) is 11.2. The van der Waals surface area contributed by atoms with Gasteiger partial charge in [0.1, 0.15) is 0 Å². The summed E-state index contributed by atoms with van der Waals surface area (Å²) in [5.74, 6) is 0. The van der Waals surface area contributed by atoms with E-state index in [0.717, 1.165) is 31.5 Å². The van der Waals surface area contributed by atoms with Gasteiger partial charge in [0.15, 0.2) is 0 Å². The van der Waals surface area contributed by atoms with Crippen molar-refractivity contribution in [2.24, 2.45) is 0 Å². The van der Waals surface area contributed by atoms with E-state index in [1.54, 1.807) is 12.5 Å². The molecule has 0 saturated heterocycles. The van der Waals surface area contributed by atoms with Crippen molar-refractivity contribution in [1.29, 1.82) is 0 Å². The van der Waals surface area contributed by atoms with Gasteiger partial charge < -0.3 is 9.88 Å². The molecule has 20 heavy (non-hydrogen) atoms. The maximum absolute atomic E-state index is 11.3. The number of fused-ring (bicyclic) bond motifs is 1. The quantitative estimate of drug-likeness (QED) is 0.799. The molecular formula is C15H18N4O. The van der Waals surface area contributed by atoms with Gasteiger partial charge in [0, 0.05) is 37.8 Å². The van der Waals surface area contributed by atoms with Crippen LogP contribution in [0.25, 0.3) is 0 Å². The van der Waals surface area contributed by atoms with Gasteiger partial charge >= 0.3 is 0 Å². The second-order valence-electron chi connectivity index (χ2n) is 5.04. The fraction of sp³-hybridized carbons (Fsp3) is 0.333. The highest BCUT2D eigenvalue weighted by molar-refractivity contribution is 5.48. The number of benzene rings is 1. The van der Waals surface area contributed by atoms with Crippen molar-refractivity contribution in [1.82, 2.24) is 20.2 Å². The molecule has 0 fully saturated rings. The second kappa shape index (κ2) is 5.88. The molecule has 0 radical (unpaired) electrons. The average Bonchev–Trinajstić information content (AvgIpc) is 3.01. The molecule has 2 N–H and O–H groups in total. The van der Waals surface area contributed by atoms with E-state index in [0.29, 0.717) is 6.54 Å². The standard InChI is InChI=1S/C15H18N4O/c20-11-19(6-5-14-9-16-10-18-14)15-7-12-3-1-2-4-13(12)8-17-15/h1-4,9-11,15,17H,5-8H2,(H,16,18)/t15-/m0/s1. The Morgan fingerprint density at radius 1 is 1.35 bits per heavy atom. The van der Waals surface area contributed by atoms with E-state index in [1.807, 2.05) is 4.90 Å². The molecule has 0 aliphatic carbocycles. The van der Waals surface area contributed by atoms with Crippen molar-refractivity contribution >= 4 is 6.41 Å². The van der Waals surface area contributed by atoms with Crippen LogP contribution in [0, 0.1) is 0 Å². The van der Waals surface area contributed by atoms with Crippen LogP contribution in [0.4, 0.5) is 0 Å². The monoisotopic (exact) mass is 270 g/mol. The van der Waals surface area contributed by atoms with Gasteiger partial charge in [-0.3, -0.25) is 10.1 Å². The smallest absolute Gasteiger partial charge is 0.210 e. The molecule has 2 aromatic rings. The maximum Gasteiger partial charge on any atom is 0.210 e. The normalized spacial score (nSPS) is 17.5. The molecule has 1 aliphatic heterocycles. The Hall–Kier alpha value is -2.14. The molecule has 0 spiro atoms. The summed E-state index contributed by atoms with van der Waals surface area (Å²) in [7, 11) is 0. The number of nitrogens with one attached hydrogen (secondary N) is 2. The molecule has 3 rings (SSSR count). The number of hydrogen-bond donors (Lipinski definition) is 2. The minimum absolute atomic E-state index is 0.0744. The average molecular weight is 270 g/mol. The Bertz CT molecular complexity index is 567. The lowest BCUT2D eigenvalue weighted by Gasteiger charge is -2.33. The third-order valence-electron chi connectivity index (χ3n) is 3.79. The van der Waals surface area contributed by atoms with E-state index in [4.69, 9.17) is 0 Å². The van der Waals surface area contributed by atoms with Crippen molar-refractivity contribution < 1.29 is 4.79 Å². The van der Waals surface area contributed by atoms with E-state index < -0.39 is 0 Å². The first kappa shape index (κ1) is 12.9. The van der Waals surface area contributed by atoms with Gasteiger partial charge in [0.25, 0.3) is 0 Å². The van der Waals surface area contributed by atoms with Gasteiger partial charge in [-0.05, 0) is 11.1 Å². The Kier molecular flexibility index (Phi) is 3.78. The van der Waals surface area contributed by atoms with Crippen LogP contribution in [0.5, 0.6) is 0 Å². The Balaban J connectivity index is 1.64. The van der Waals surface area contributed by atoms with Crippen molar-refractivity contribution in [2.75, 3.05) is 6.54 Å². The van der Waals surface area contributed by atoms with Crippen molar-refractivity contribution in [2.45, 2.75) is 25.6 Å². The van der Waals surface area contributed by atoms with Crippen molar-refractivity contribution in [3.63, 3.8) is 0 Å². The zero-order chi connectivity index (χ0) is 13.8. The van der Waals surface area contributed by atoms with Crippen LogP contribution in [-0.2, 0) is 24.2 Å². The van der Waals surface area contributed by atoms with E-state index in [9.17, 15) is 4.79 Å². The first-order valence-electron chi connectivity index (χ1n) is 6.85. The van der Waals surface area contributed by atoms with Crippen LogP contribution in [0.1, 0.15) is 16.8 Å². The lowest BCUT2D eigenvalue weighted by molar-refractivity contribution is -0.121. The van der Waals surface area contributed by atoms with Crippen LogP contribution in [-0.4, -0.2) is 34.0 Å². The first-order valence-corrected chi connectivity index (χ1v) is 6.85. The van der Waals surface area contributed by atoms with Crippen LogP contribution in [0.3, 0.4) is 0 Å². The SMILES string of the molecule is O=CN(CCc1cnc[nH]1)[C@H]1Cc2ccccc2CN1. The molecule has 5 nitrogen and oxygen atoms in total. The summed E-state index contributed by atoms with van der Waals surface area (Å²) in [6.45, 7) is 1.50. The fourth-order valence-electron chi connectivity index (χ4n) is 2.62. The number of imidazole rings is 1. The lowest BCUT2D eigenvalue weighted by atomic mass is 9.99. The Morgan fingerprint density at radius 2 is 2.20 bits per heavy atom. The molecule has 1 aliphatic rings. The number of amides is 1. The van der Waals surface area contributed by atoms with Gasteiger partial charge in [-0.25, -0.2) is 4.98 Å². The second-order valence-corrected chi connectivity index (χ2v) is 5.04. The van der Waals surface area contributed by atoms with Crippen LogP contribution < -0.4 is 5.32 Å². The Labute approximate surface area is 118 Å². The number of carbonyl (C=O) groups is 1. The van der Waals surface area contributed by atoms with E-state index in [-0.39, 0.29) is 6.17 Å². The number of hydrogen-bond acceptors (Lipinski definition) is 3. The molecular weight excluding hydrogens is 252 g/mol. The molecule has 5 heteroatoms. The van der Waals surface area contributed by atoms with Crippen molar-refractivity contribution in [3.8, 4) is 0 Å². The molecule has 1 aromatic carbocycles. The zero-order valence-electron chi connectivity index (χ0n) is 11.2. The molecule has 1 aromatic heterocycles. The third-order valence-corrected chi connectivity index (χ3v) is 3.79. The van der Waals surface area contributed by atoms with Gasteiger partial charge in [-0.2, -0.15) is 0 Å². The number of aromatic amines is 1. The summed E-state index contributed by atoms with van der Waals surface area (Å²) < 4.78 is 0. The van der Waals surface area contributed by atoms with Crippen LogP contribution in [0.2, 0.25) is 0 Å². The number of nitrogens with zero attached hydrogens (tertiary/aromatic N) is 2. The van der Waals surface area contributed by atoms with Gasteiger partial charge in [-0.15, -0.1) is 0 Å². The summed E-state index contributed by atoms with van der Waals surface area (Å²) in [6, 6.07) is 8.38. The highest BCUT2D eigenvalue weighted by atomic mass is 16.1. The maximum atomic E-state index is 11.3. The number of H-pyrrole nitrogens is 1. The summed E-state index contributed by atoms with van der Waals surface area (Å²) >= 11 is 0. The van der Waals surface area contributed by atoms with Crippen molar-refractivity contribution in [3.05, 3.63) is 53.6 Å². The summed E-state index contributed by atoms with van der Waals surface area (Å²) in [5.41, 5.74) is 3.70. The van der Waals surface area contributed by atoms with E-state index in [2.05, 4.69) is 39.6 Å². The van der Waals surface area contributed by atoms with Gasteiger partial charge in [0.05, 0.1) is 12.5 Å². The molecule has 1 atom stereocenters. The van der Waals surface area contributed by atoms with Gasteiger partial charge in [0.2, 0.25) is 6.41 Å². The van der Waals surface area contributed by atoms with Crippen LogP contribution in [0.15, 0.2) is 36.8 Å². The predicted octanol–water partition coefficient (Wildman–Crippen LogP) is 1.08. The predicted molar refractivity (Wildman–Crippen MR) is 75.8 cm³/mol. The molecule has 2 heterocycles.